The summed E-state index contributed by atoms with van der Waals surface area (Å²) in [4.78, 5) is 25.4. The number of carbonyl (C=O) groups is 2. The number of Topliss-reactive ketones (excluding diaryl/α,β-unsaturated/α-hetero) is 2. The van der Waals surface area contributed by atoms with Gasteiger partial charge >= 0.3 is 0 Å². The zero-order valence-electron chi connectivity index (χ0n) is 16.4. The van der Waals surface area contributed by atoms with Crippen LogP contribution in [0.1, 0.15) is 52.5 Å². The first-order valence-electron chi connectivity index (χ1n) is 9.63. The van der Waals surface area contributed by atoms with Crippen molar-refractivity contribution in [1.29, 1.82) is 0 Å². The zero-order valence-corrected chi connectivity index (χ0v) is 16.4. The van der Waals surface area contributed by atoms with E-state index in [1.165, 1.54) is 0 Å². The van der Waals surface area contributed by atoms with Gasteiger partial charge in [-0.25, -0.2) is 0 Å². The van der Waals surface area contributed by atoms with Crippen molar-refractivity contribution in [2.24, 2.45) is 28.9 Å². The van der Waals surface area contributed by atoms with Crippen molar-refractivity contribution in [2.75, 3.05) is 0 Å². The molecular formula is C22H33NO3. The number of aliphatic hydroxyl groups is 1. The molecule has 0 aromatic heterocycles. The predicted molar refractivity (Wildman–Crippen MR) is 104 cm³/mol. The molecule has 5 unspecified atom stereocenters. The first-order chi connectivity index (χ1) is 12.1. The van der Waals surface area contributed by atoms with Gasteiger partial charge in [-0.2, -0.15) is 0 Å². The Hall–Kier alpha value is -1.52. The Morgan fingerprint density at radius 2 is 1.85 bits per heavy atom. The van der Waals surface area contributed by atoms with E-state index in [0.29, 0.717) is 12.3 Å². The van der Waals surface area contributed by atoms with Crippen LogP contribution in [-0.4, -0.2) is 28.8 Å². The summed E-state index contributed by atoms with van der Waals surface area (Å²) in [6, 6.07) is 8.93. The minimum absolute atomic E-state index is 0.0285. The van der Waals surface area contributed by atoms with Gasteiger partial charge in [-0.05, 0) is 36.2 Å². The lowest BCUT2D eigenvalue weighted by atomic mass is 9.64. The molecule has 1 aromatic carbocycles. The average Bonchev–Trinajstić information content (AvgIpc) is 2.56. The summed E-state index contributed by atoms with van der Waals surface area (Å²) in [6.07, 6.45) is 0.904. The van der Waals surface area contributed by atoms with Crippen LogP contribution < -0.4 is 5.73 Å². The van der Waals surface area contributed by atoms with E-state index in [-0.39, 0.29) is 35.2 Å². The van der Waals surface area contributed by atoms with Gasteiger partial charge in [0.25, 0.3) is 0 Å². The molecule has 3 N–H and O–H groups in total. The van der Waals surface area contributed by atoms with Gasteiger partial charge in [0.1, 0.15) is 11.9 Å². The van der Waals surface area contributed by atoms with Gasteiger partial charge in [0.15, 0.2) is 5.78 Å². The molecule has 0 aliphatic heterocycles. The fraction of sp³-hybridized carbons (Fsp3) is 0.636. The van der Waals surface area contributed by atoms with E-state index in [0.717, 1.165) is 18.4 Å². The van der Waals surface area contributed by atoms with Crippen molar-refractivity contribution in [3.05, 3.63) is 35.9 Å². The molecule has 1 aromatic rings. The van der Waals surface area contributed by atoms with Crippen LogP contribution in [0.2, 0.25) is 0 Å². The number of carbonyl (C=O) groups excluding carboxylic acids is 2. The molecule has 1 aliphatic rings. The van der Waals surface area contributed by atoms with E-state index in [1.807, 2.05) is 30.3 Å². The number of hydrogen-bond donors (Lipinski definition) is 2. The first-order valence-corrected chi connectivity index (χ1v) is 9.63. The second-order valence-corrected chi connectivity index (χ2v) is 9.06. The lowest BCUT2D eigenvalue weighted by Crippen LogP contribution is -2.45. The normalized spacial score (nSPS) is 26.4. The Morgan fingerprint density at radius 3 is 2.42 bits per heavy atom. The molecular weight excluding hydrogens is 326 g/mol. The topological polar surface area (TPSA) is 80.4 Å². The Morgan fingerprint density at radius 1 is 1.23 bits per heavy atom. The lowest BCUT2D eigenvalue weighted by Gasteiger charge is -2.39. The number of rotatable bonds is 6. The van der Waals surface area contributed by atoms with Crippen molar-refractivity contribution in [3.63, 3.8) is 0 Å². The minimum atomic E-state index is -1.23. The highest BCUT2D eigenvalue weighted by Crippen LogP contribution is 2.41. The summed E-state index contributed by atoms with van der Waals surface area (Å²) in [7, 11) is 0. The number of nitrogens with two attached hydrogens (primary N) is 1. The first kappa shape index (κ1) is 20.8. The van der Waals surface area contributed by atoms with E-state index in [1.54, 1.807) is 0 Å². The summed E-state index contributed by atoms with van der Waals surface area (Å²) in [6.45, 7) is 8.38. The quantitative estimate of drug-likeness (QED) is 0.817. The smallest absolute Gasteiger partial charge is 0.163 e. The van der Waals surface area contributed by atoms with Crippen LogP contribution in [0.4, 0.5) is 0 Å². The third kappa shape index (κ3) is 5.24. The van der Waals surface area contributed by atoms with E-state index in [4.69, 9.17) is 5.73 Å². The molecule has 2 rings (SSSR count). The van der Waals surface area contributed by atoms with Crippen LogP contribution in [0.15, 0.2) is 30.3 Å². The number of aliphatic hydroxyl groups excluding tert-OH is 1. The summed E-state index contributed by atoms with van der Waals surface area (Å²) in [5, 5.41) is 10.4. The average molecular weight is 360 g/mol. The fourth-order valence-electron chi connectivity index (χ4n) is 4.07. The second-order valence-electron chi connectivity index (χ2n) is 9.06. The fourth-order valence-corrected chi connectivity index (χ4v) is 4.07. The summed E-state index contributed by atoms with van der Waals surface area (Å²) in [5.41, 5.74) is 6.94. The van der Waals surface area contributed by atoms with Gasteiger partial charge in [-0.3, -0.25) is 9.59 Å². The molecule has 5 atom stereocenters. The zero-order chi connectivity index (χ0) is 19.5. The molecule has 26 heavy (non-hydrogen) atoms. The highest BCUT2D eigenvalue weighted by atomic mass is 16.3. The summed E-state index contributed by atoms with van der Waals surface area (Å²) in [5.74, 6) is -0.0561. The molecule has 0 bridgehead atoms. The van der Waals surface area contributed by atoms with E-state index in [9.17, 15) is 14.7 Å². The van der Waals surface area contributed by atoms with Crippen molar-refractivity contribution in [1.82, 2.24) is 0 Å². The Balaban J connectivity index is 1.99. The second kappa shape index (κ2) is 8.45. The van der Waals surface area contributed by atoms with Crippen LogP contribution in [0.3, 0.4) is 0 Å². The molecule has 1 aliphatic carbocycles. The van der Waals surface area contributed by atoms with E-state index in [2.05, 4.69) is 27.7 Å². The SMILES string of the molecule is CC1CC(CC(=O)C(O)C(N)Cc2ccccc2)C(=O)C(C(C)(C)C)C1. The molecule has 1 fully saturated rings. The van der Waals surface area contributed by atoms with Crippen LogP contribution in [0.5, 0.6) is 0 Å². The summed E-state index contributed by atoms with van der Waals surface area (Å²) >= 11 is 0. The van der Waals surface area contributed by atoms with Crippen LogP contribution in [0, 0.1) is 23.2 Å². The van der Waals surface area contributed by atoms with Gasteiger partial charge in [0, 0.05) is 24.3 Å². The molecule has 1 saturated carbocycles. The van der Waals surface area contributed by atoms with Crippen molar-refractivity contribution in [3.8, 4) is 0 Å². The molecule has 4 heteroatoms. The third-order valence-electron chi connectivity index (χ3n) is 5.61. The molecule has 0 amide bonds. The Bertz CT molecular complexity index is 620. The molecule has 0 spiro atoms. The van der Waals surface area contributed by atoms with Gasteiger partial charge in [0.2, 0.25) is 0 Å². The molecule has 0 heterocycles. The number of benzene rings is 1. The predicted octanol–water partition coefficient (Wildman–Crippen LogP) is 3.15. The standard InChI is InChI=1S/C22H33NO3/c1-14-10-16(20(25)17(11-14)22(2,3)4)13-19(24)21(26)18(23)12-15-8-6-5-7-9-15/h5-9,14,16-18,21,26H,10-13,23H2,1-4H3. The lowest BCUT2D eigenvalue weighted by molar-refractivity contribution is -0.139. The minimum Gasteiger partial charge on any atom is -0.384 e. The monoisotopic (exact) mass is 359 g/mol. The Labute approximate surface area is 157 Å². The van der Waals surface area contributed by atoms with Crippen LogP contribution in [0.25, 0.3) is 0 Å². The maximum atomic E-state index is 12.9. The van der Waals surface area contributed by atoms with E-state index >= 15 is 0 Å². The third-order valence-corrected chi connectivity index (χ3v) is 5.61. The number of ketones is 2. The van der Waals surface area contributed by atoms with E-state index < -0.39 is 12.1 Å². The van der Waals surface area contributed by atoms with Gasteiger partial charge in [-0.1, -0.05) is 58.0 Å². The molecule has 144 valence electrons. The molecule has 0 radical (unpaired) electrons. The van der Waals surface area contributed by atoms with Gasteiger partial charge in [0.05, 0.1) is 0 Å². The highest BCUT2D eigenvalue weighted by molar-refractivity contribution is 5.92. The van der Waals surface area contributed by atoms with Crippen LogP contribution >= 0.6 is 0 Å². The van der Waals surface area contributed by atoms with Crippen molar-refractivity contribution < 1.29 is 14.7 Å². The van der Waals surface area contributed by atoms with Crippen molar-refractivity contribution in [2.45, 2.75) is 65.5 Å². The summed E-state index contributed by atoms with van der Waals surface area (Å²) < 4.78 is 0. The Kier molecular flexibility index (Phi) is 6.75. The molecule has 0 saturated heterocycles. The van der Waals surface area contributed by atoms with Crippen LogP contribution in [-0.2, 0) is 16.0 Å². The van der Waals surface area contributed by atoms with Gasteiger partial charge in [-0.15, -0.1) is 0 Å². The maximum Gasteiger partial charge on any atom is 0.163 e. The van der Waals surface area contributed by atoms with Crippen molar-refractivity contribution >= 4 is 11.6 Å². The molecule has 4 nitrogen and oxygen atoms in total. The number of hydrogen-bond acceptors (Lipinski definition) is 4. The highest BCUT2D eigenvalue weighted by Gasteiger charge is 2.42. The maximum absolute atomic E-state index is 12.9. The van der Waals surface area contributed by atoms with Gasteiger partial charge < -0.3 is 10.8 Å². The largest absolute Gasteiger partial charge is 0.384 e.